The molecule has 1 fully saturated rings. The van der Waals surface area contributed by atoms with Crippen LogP contribution < -0.4 is 10.6 Å². The lowest BCUT2D eigenvalue weighted by Gasteiger charge is -2.26. The predicted molar refractivity (Wildman–Crippen MR) is 147 cm³/mol. The highest BCUT2D eigenvalue weighted by Gasteiger charge is 2.38. The van der Waals surface area contributed by atoms with Gasteiger partial charge in [0.1, 0.15) is 11.9 Å². The molecule has 14 heteroatoms. The second-order valence-corrected chi connectivity index (χ2v) is 12.0. The summed E-state index contributed by atoms with van der Waals surface area (Å²) in [6.07, 6.45) is -9.24. The van der Waals surface area contributed by atoms with Gasteiger partial charge in [-0.3, -0.25) is 0 Å². The summed E-state index contributed by atoms with van der Waals surface area (Å²) in [5.74, 6) is -0.592. The molecular formula is C29H24ClF6N3O3S. The lowest BCUT2D eigenvalue weighted by Crippen LogP contribution is -2.39. The van der Waals surface area contributed by atoms with E-state index < -0.39 is 61.9 Å². The molecular weight excluding hydrogens is 620 g/mol. The van der Waals surface area contributed by atoms with E-state index in [1.54, 1.807) is 6.07 Å². The highest BCUT2D eigenvalue weighted by atomic mass is 35.5. The first kappa shape index (κ1) is 32.2. The van der Waals surface area contributed by atoms with Gasteiger partial charge in [-0.15, -0.1) is 0 Å². The third-order valence-electron chi connectivity index (χ3n) is 6.67. The molecule has 0 aliphatic heterocycles. The van der Waals surface area contributed by atoms with Crippen LogP contribution in [0.4, 0.5) is 32.0 Å². The molecule has 0 unspecified atom stereocenters. The highest BCUT2D eigenvalue weighted by molar-refractivity contribution is 7.95. The Morgan fingerprint density at radius 3 is 2.09 bits per heavy atom. The molecule has 0 aromatic heterocycles. The van der Waals surface area contributed by atoms with Crippen LogP contribution in [0.2, 0.25) is 5.02 Å². The fraction of sp³-hybridized carbons (Fsp3) is 0.276. The van der Waals surface area contributed by atoms with Crippen LogP contribution in [0, 0.1) is 11.3 Å². The Kier molecular flexibility index (Phi) is 9.63. The molecule has 2 atom stereocenters. The van der Waals surface area contributed by atoms with Crippen molar-refractivity contribution in [3.63, 3.8) is 0 Å². The maximum absolute atomic E-state index is 13.5. The van der Waals surface area contributed by atoms with Crippen molar-refractivity contribution >= 4 is 27.1 Å². The van der Waals surface area contributed by atoms with Crippen molar-refractivity contribution in [2.45, 2.75) is 55.3 Å². The summed E-state index contributed by atoms with van der Waals surface area (Å²) in [5, 5.41) is 15.4. The van der Waals surface area contributed by atoms with Gasteiger partial charge < -0.3 is 15.4 Å². The van der Waals surface area contributed by atoms with Crippen LogP contribution in [0.5, 0.6) is 0 Å². The van der Waals surface area contributed by atoms with E-state index in [0.29, 0.717) is 31.4 Å². The fourth-order valence-electron chi connectivity index (χ4n) is 4.57. The number of benzene rings is 3. The zero-order valence-electron chi connectivity index (χ0n) is 22.1. The second kappa shape index (κ2) is 12.9. The van der Waals surface area contributed by atoms with Crippen LogP contribution in [0.15, 0.2) is 88.4 Å². The van der Waals surface area contributed by atoms with Gasteiger partial charge in [0.15, 0.2) is 4.91 Å². The highest BCUT2D eigenvalue weighted by Crippen LogP contribution is 2.38. The Balaban J connectivity index is 1.78. The van der Waals surface area contributed by atoms with E-state index in [1.165, 1.54) is 12.1 Å². The minimum atomic E-state index is -5.15. The second-order valence-electron chi connectivity index (χ2n) is 9.71. The molecule has 2 N–H and O–H groups in total. The zero-order chi connectivity index (χ0) is 31.4. The Morgan fingerprint density at radius 2 is 1.53 bits per heavy atom. The maximum Gasteiger partial charge on any atom is 0.416 e. The van der Waals surface area contributed by atoms with Crippen LogP contribution in [0.1, 0.15) is 36.0 Å². The molecule has 3 aromatic rings. The normalized spacial score (nSPS) is 18.1. The van der Waals surface area contributed by atoms with Crippen molar-refractivity contribution in [1.82, 2.24) is 5.32 Å². The first-order valence-corrected chi connectivity index (χ1v) is 14.7. The summed E-state index contributed by atoms with van der Waals surface area (Å²) in [5.41, 5.74) is -3.11. The topological polar surface area (TPSA) is 91.2 Å². The molecule has 3 aromatic carbocycles. The number of halogens is 7. The van der Waals surface area contributed by atoms with E-state index in [-0.39, 0.29) is 22.6 Å². The summed E-state index contributed by atoms with van der Waals surface area (Å²) in [7, 11) is -4.63. The molecule has 0 spiro atoms. The third kappa shape index (κ3) is 8.01. The van der Waals surface area contributed by atoms with E-state index in [1.807, 2.05) is 30.3 Å². The molecule has 6 nitrogen and oxygen atoms in total. The minimum Gasteiger partial charge on any atom is -0.371 e. The minimum absolute atomic E-state index is 0.0535. The molecule has 0 saturated heterocycles. The number of ether oxygens (including phenoxy) is 1. The van der Waals surface area contributed by atoms with E-state index in [0.717, 1.165) is 17.7 Å². The number of nitrogens with zero attached hydrogens (tertiary/aromatic N) is 1. The summed E-state index contributed by atoms with van der Waals surface area (Å²) in [6, 6.07) is 15.6. The number of nitriles is 1. The van der Waals surface area contributed by atoms with Gasteiger partial charge in [-0.25, -0.2) is 8.42 Å². The largest absolute Gasteiger partial charge is 0.416 e. The van der Waals surface area contributed by atoms with Gasteiger partial charge >= 0.3 is 12.4 Å². The summed E-state index contributed by atoms with van der Waals surface area (Å²) >= 11 is 5.86. The average molecular weight is 644 g/mol. The van der Waals surface area contributed by atoms with Crippen LogP contribution in [0.25, 0.3) is 0 Å². The number of hydrogen-bond acceptors (Lipinski definition) is 6. The first-order chi connectivity index (χ1) is 20.2. The lowest BCUT2D eigenvalue weighted by atomic mass is 10.1. The van der Waals surface area contributed by atoms with Gasteiger partial charge in [0.05, 0.1) is 34.8 Å². The number of allylic oxidation sites excluding steroid dienone is 1. The molecule has 1 aliphatic rings. The van der Waals surface area contributed by atoms with Gasteiger partial charge in [0, 0.05) is 10.7 Å². The van der Waals surface area contributed by atoms with E-state index in [9.17, 15) is 40.0 Å². The van der Waals surface area contributed by atoms with Crippen LogP contribution in [-0.4, -0.2) is 20.6 Å². The number of hydrogen-bond donors (Lipinski definition) is 2. The zero-order valence-corrected chi connectivity index (χ0v) is 23.7. The molecule has 1 aliphatic carbocycles. The molecule has 1 saturated carbocycles. The van der Waals surface area contributed by atoms with Crippen LogP contribution >= 0.6 is 11.6 Å². The SMILES string of the molecule is N#CC(=C(Nc1cc(C(F)(F)F)cc(C(F)(F)F)c1)N[C@@H]1CCC[C@H]1OCc1ccccc1)S(=O)(=O)c1ccc(Cl)cc1. The predicted octanol–water partition coefficient (Wildman–Crippen LogP) is 7.68. The molecule has 0 bridgehead atoms. The summed E-state index contributed by atoms with van der Waals surface area (Å²) in [6.45, 7) is 0.201. The van der Waals surface area contributed by atoms with Crippen molar-refractivity contribution in [3.8, 4) is 6.07 Å². The lowest BCUT2D eigenvalue weighted by molar-refractivity contribution is -0.143. The van der Waals surface area contributed by atoms with Crippen molar-refractivity contribution in [2.24, 2.45) is 0 Å². The number of rotatable bonds is 9. The Bertz CT molecular complexity index is 1590. The van der Waals surface area contributed by atoms with Crippen molar-refractivity contribution in [1.29, 1.82) is 5.26 Å². The molecule has 0 heterocycles. The van der Waals surface area contributed by atoms with E-state index in [2.05, 4.69) is 10.6 Å². The quantitative estimate of drug-likeness (QED) is 0.184. The molecule has 0 amide bonds. The van der Waals surface area contributed by atoms with Crippen LogP contribution in [-0.2, 0) is 33.5 Å². The van der Waals surface area contributed by atoms with E-state index >= 15 is 0 Å². The Labute approximate surface area is 248 Å². The van der Waals surface area contributed by atoms with E-state index in [4.69, 9.17) is 16.3 Å². The van der Waals surface area contributed by atoms with Gasteiger partial charge in [0.25, 0.3) is 0 Å². The van der Waals surface area contributed by atoms with Gasteiger partial charge in [0.2, 0.25) is 9.84 Å². The number of alkyl halides is 6. The number of anilines is 1. The number of nitrogens with one attached hydrogen (secondary N) is 2. The molecule has 0 radical (unpaired) electrons. The summed E-state index contributed by atoms with van der Waals surface area (Å²) < 4.78 is 114. The smallest absolute Gasteiger partial charge is 0.371 e. The molecule has 228 valence electrons. The van der Waals surface area contributed by atoms with Gasteiger partial charge in [-0.2, -0.15) is 31.6 Å². The molecule has 43 heavy (non-hydrogen) atoms. The van der Waals surface area contributed by atoms with Gasteiger partial charge in [-0.1, -0.05) is 41.9 Å². The average Bonchev–Trinajstić information content (AvgIpc) is 3.38. The first-order valence-electron chi connectivity index (χ1n) is 12.8. The van der Waals surface area contributed by atoms with Crippen molar-refractivity contribution < 1.29 is 39.5 Å². The monoisotopic (exact) mass is 643 g/mol. The standard InChI is InChI=1S/C29H24ClF6N3O3S/c30-21-9-11-23(12-10-21)43(40,41)26(16-37)27(38-22-14-19(28(31,32)33)13-20(15-22)29(34,35)36)39-24-7-4-8-25(24)42-17-18-5-2-1-3-6-18/h1-3,5-6,9-15,24-25,38-39H,4,7-8,17H2/t24-,25-/m1/s1. The Hall–Kier alpha value is -3.73. The van der Waals surface area contributed by atoms with Crippen molar-refractivity contribution in [2.75, 3.05) is 5.32 Å². The summed E-state index contributed by atoms with van der Waals surface area (Å²) in [4.78, 5) is -1.31. The fourth-order valence-corrected chi connectivity index (χ4v) is 5.92. The Morgan fingerprint density at radius 1 is 0.930 bits per heavy atom. The third-order valence-corrected chi connectivity index (χ3v) is 8.65. The van der Waals surface area contributed by atoms with Crippen molar-refractivity contribution in [3.05, 3.63) is 105 Å². The van der Waals surface area contributed by atoms with Gasteiger partial charge in [-0.05, 0) is 67.3 Å². The number of sulfone groups is 1. The molecule has 4 rings (SSSR count). The maximum atomic E-state index is 13.5. The van der Waals surface area contributed by atoms with Crippen LogP contribution in [0.3, 0.4) is 0 Å².